The average Bonchev–Trinajstić information content (AvgIpc) is 0.762. The molecule has 5 nitrogen and oxygen atoms in total. The fraction of sp³-hybridized carbons (Fsp3) is 0.364. The van der Waals surface area contributed by atoms with Gasteiger partial charge >= 0.3 is 0 Å². The topological polar surface area (TPSA) is 64.5 Å². The second-order valence-electron chi connectivity index (χ2n) is 21.3. The Hall–Kier alpha value is -6.98. The predicted octanol–water partition coefficient (Wildman–Crippen LogP) is 30.5. The van der Waals surface area contributed by atoms with Gasteiger partial charge in [0.1, 0.15) is 0 Å². The number of nitrogens with zero attached hydrogens (tertiary/aromatic N) is 5. The van der Waals surface area contributed by atoms with Gasteiger partial charge in [-0.05, 0) is 180 Å². The van der Waals surface area contributed by atoms with Crippen molar-refractivity contribution in [2.45, 2.75) is 249 Å². The van der Waals surface area contributed by atoms with Crippen molar-refractivity contribution in [3.8, 4) is 22.3 Å². The van der Waals surface area contributed by atoms with Crippen molar-refractivity contribution in [3.05, 3.63) is 327 Å². The Bertz CT molecular complexity index is 3450. The van der Waals surface area contributed by atoms with E-state index in [9.17, 15) is 0 Å². The minimum absolute atomic E-state index is 0. The molecule has 0 spiro atoms. The van der Waals surface area contributed by atoms with Gasteiger partial charge in [0.15, 0.2) is 0 Å². The summed E-state index contributed by atoms with van der Waals surface area (Å²) >= 11 is 0. The Morgan fingerprint density at radius 3 is 0.764 bits per heavy atom. The molecule has 0 saturated heterocycles. The molecule has 12 aromatic rings. The van der Waals surface area contributed by atoms with Crippen molar-refractivity contribution in [1.82, 2.24) is 24.9 Å². The number of hydrogen-bond donors (Lipinski definition) is 0. The SMILES string of the molecule is CC.CC.CC.CC.CC.CC.CC.CC.CC.CC.Cc1c2ccccc2c(C)c2ccccc12.Cc1c[c-]c(-c2[c-]cc(C)cc2)cc1.Cc1cc[c-]c(-c2[c-]ccc(C)c2)c1.Cc1ccc(C)nc1.Cc1ccc(C)nc1.Cc1cccc(C)n1.Cc1ccnc(C)c1.Cc1cncc(C)c1.[Y].[Y]. The summed E-state index contributed by atoms with van der Waals surface area (Å²) < 4.78 is 0. The Morgan fingerprint density at radius 1 is 0.226 bits per heavy atom. The van der Waals surface area contributed by atoms with Crippen LogP contribution in [0.3, 0.4) is 0 Å². The summed E-state index contributed by atoms with van der Waals surface area (Å²) in [5, 5.41) is 5.50. The molecule has 0 aliphatic heterocycles. The van der Waals surface area contributed by atoms with Crippen LogP contribution in [0.1, 0.15) is 228 Å². The molecule has 5 aromatic heterocycles. The number of hydrogen-bond acceptors (Lipinski definition) is 5. The van der Waals surface area contributed by atoms with Gasteiger partial charge in [-0.3, -0.25) is 24.9 Å². The molecular formula is C99H143N5Y2-4. The number of aromatic nitrogens is 5. The normalized spacial score (nSPS) is 8.42. The molecule has 0 aliphatic carbocycles. The summed E-state index contributed by atoms with van der Waals surface area (Å²) in [5.41, 5.74) is 23.8. The summed E-state index contributed by atoms with van der Waals surface area (Å²) in [6.45, 7) is 72.9. The Morgan fingerprint density at radius 2 is 0.547 bits per heavy atom. The zero-order valence-corrected chi connectivity index (χ0v) is 79.3. The maximum Gasteiger partial charge on any atom is 0.0375 e. The molecule has 5 heterocycles. The molecule has 0 aliphatic rings. The molecule has 0 unspecified atom stereocenters. The van der Waals surface area contributed by atoms with Crippen LogP contribution in [0, 0.1) is 135 Å². The molecule has 7 aromatic carbocycles. The van der Waals surface area contributed by atoms with E-state index in [0.29, 0.717) is 0 Å². The van der Waals surface area contributed by atoms with E-state index in [-0.39, 0.29) is 65.4 Å². The smallest absolute Gasteiger partial charge is 0.0375 e. The molecule has 2 radical (unpaired) electrons. The maximum atomic E-state index is 4.17. The molecule has 0 atom stereocenters. The fourth-order valence-electron chi connectivity index (χ4n) is 8.53. The van der Waals surface area contributed by atoms with Crippen LogP contribution in [0.25, 0.3) is 43.8 Å². The van der Waals surface area contributed by atoms with Crippen LogP contribution in [0.2, 0.25) is 0 Å². The van der Waals surface area contributed by atoms with Crippen LogP contribution in [-0.2, 0) is 65.4 Å². The molecule has 0 saturated carbocycles. The maximum absolute atomic E-state index is 4.17. The molecule has 0 N–H and O–H groups in total. The molecule has 574 valence electrons. The predicted molar refractivity (Wildman–Crippen MR) is 471 cm³/mol. The molecule has 106 heavy (non-hydrogen) atoms. The summed E-state index contributed by atoms with van der Waals surface area (Å²) in [6.07, 6.45) is 9.27. The third-order valence-electron chi connectivity index (χ3n) is 13.1. The summed E-state index contributed by atoms with van der Waals surface area (Å²) in [7, 11) is 0. The van der Waals surface area contributed by atoms with Crippen molar-refractivity contribution in [3.63, 3.8) is 0 Å². The molecule has 0 bridgehead atoms. The van der Waals surface area contributed by atoms with Crippen molar-refractivity contribution in [1.29, 1.82) is 0 Å². The molecule has 7 heteroatoms. The first kappa shape index (κ1) is 115. The second kappa shape index (κ2) is 77.6. The van der Waals surface area contributed by atoms with E-state index in [2.05, 4.69) is 219 Å². The first-order valence-electron chi connectivity index (χ1n) is 38.5. The van der Waals surface area contributed by atoms with Crippen LogP contribution >= 0.6 is 0 Å². The van der Waals surface area contributed by atoms with Gasteiger partial charge in [0.25, 0.3) is 0 Å². The third-order valence-corrected chi connectivity index (χ3v) is 13.1. The number of aryl methyl sites for hydroxylation is 16. The van der Waals surface area contributed by atoms with Crippen LogP contribution in [0.15, 0.2) is 213 Å². The quantitative estimate of drug-likeness (QED) is 0.127. The van der Waals surface area contributed by atoms with Gasteiger partial charge in [0.05, 0.1) is 0 Å². The van der Waals surface area contributed by atoms with Crippen molar-refractivity contribution in [2.75, 3.05) is 0 Å². The Kier molecular flexibility index (Phi) is 84.1. The molecular weight excluding hydrogens is 1440 g/mol. The van der Waals surface area contributed by atoms with Crippen LogP contribution < -0.4 is 0 Å². The van der Waals surface area contributed by atoms with Crippen LogP contribution in [0.4, 0.5) is 0 Å². The fourth-order valence-corrected chi connectivity index (χ4v) is 8.53. The number of rotatable bonds is 2. The van der Waals surface area contributed by atoms with Crippen molar-refractivity contribution >= 4 is 21.5 Å². The second-order valence-corrected chi connectivity index (χ2v) is 21.3. The van der Waals surface area contributed by atoms with E-state index in [1.54, 1.807) is 0 Å². The van der Waals surface area contributed by atoms with Gasteiger partial charge in [-0.1, -0.05) is 239 Å². The van der Waals surface area contributed by atoms with E-state index < -0.39 is 0 Å². The Balaban J connectivity index is -0.000000168. The molecule has 0 amide bonds. The van der Waals surface area contributed by atoms with E-state index in [0.717, 1.165) is 50.7 Å². The van der Waals surface area contributed by atoms with Gasteiger partial charge in [-0.25, -0.2) is 22.3 Å². The van der Waals surface area contributed by atoms with Gasteiger partial charge in [-0.2, -0.15) is 84.9 Å². The number of fused-ring (bicyclic) bond motifs is 2. The summed E-state index contributed by atoms with van der Waals surface area (Å²) in [6, 6.07) is 75.2. The first-order valence-corrected chi connectivity index (χ1v) is 38.5. The van der Waals surface area contributed by atoms with Gasteiger partial charge in [0.2, 0.25) is 0 Å². The van der Waals surface area contributed by atoms with Gasteiger partial charge < -0.3 is 0 Å². The number of pyridine rings is 5. The Labute approximate surface area is 703 Å². The molecule has 0 fully saturated rings. The van der Waals surface area contributed by atoms with Crippen LogP contribution in [0.5, 0.6) is 0 Å². The zero-order valence-electron chi connectivity index (χ0n) is 73.6. The van der Waals surface area contributed by atoms with Crippen molar-refractivity contribution in [2.24, 2.45) is 0 Å². The van der Waals surface area contributed by atoms with Crippen LogP contribution in [-0.4, -0.2) is 24.9 Å². The molecule has 12 rings (SSSR count). The van der Waals surface area contributed by atoms with Crippen molar-refractivity contribution < 1.29 is 65.4 Å². The third kappa shape index (κ3) is 53.7. The monoisotopic (exact) mass is 1580 g/mol. The minimum Gasteiger partial charge on any atom is -0.264 e. The van der Waals surface area contributed by atoms with E-state index in [1.165, 1.54) is 82.7 Å². The number of benzene rings is 7. The summed E-state index contributed by atoms with van der Waals surface area (Å²) in [5.74, 6) is 0. The van der Waals surface area contributed by atoms with E-state index >= 15 is 0 Å². The first-order chi connectivity index (χ1) is 50.2. The largest absolute Gasteiger partial charge is 0.264 e. The average molecular weight is 1580 g/mol. The van der Waals surface area contributed by atoms with E-state index in [4.69, 9.17) is 0 Å². The van der Waals surface area contributed by atoms with E-state index in [1.807, 2.05) is 292 Å². The zero-order chi connectivity index (χ0) is 81.0. The minimum atomic E-state index is 0. The van der Waals surface area contributed by atoms with Gasteiger partial charge in [-0.15, -0.1) is 34.4 Å². The van der Waals surface area contributed by atoms with Gasteiger partial charge in [0, 0.05) is 125 Å². The summed E-state index contributed by atoms with van der Waals surface area (Å²) in [4.78, 5) is 20.4. The standard InChI is InChI=1S/C16H14.2C14H12.5C7H9N.10C2H6.2Y/c1-11-13-7-3-5-9-15(13)12(2)16-10-6-4-8-14(11)16;1-11-3-7-13(8-4-11)14-9-5-12(2)6-10-14;1-11-5-3-7-13(9-11)14-8-4-6-12(2)10-14;1-6-3-7(2)5-8-4-6;1-6-3-4-8-7(2)5-6;2*1-6-3-4-7(2)8-5-6;1-6-4-3-5-7(2)8-6;10*1-2;;/h3-10H,1-2H3;3-7,9H,1-2H3;3-6,9-10H,1-2H3;5*3-5H,1-2H3;10*1-2H3;;/q;2*-2;;;;;;;;;;;;;;;;;.